The van der Waals surface area contributed by atoms with Crippen LogP contribution in [0, 0.1) is 6.92 Å². The molecule has 1 aliphatic rings. The zero-order valence-electron chi connectivity index (χ0n) is 11.1. The van der Waals surface area contributed by atoms with Crippen molar-refractivity contribution in [2.75, 3.05) is 11.4 Å². The van der Waals surface area contributed by atoms with Crippen molar-refractivity contribution in [1.82, 2.24) is 9.97 Å². The summed E-state index contributed by atoms with van der Waals surface area (Å²) >= 11 is 0. The zero-order valence-corrected chi connectivity index (χ0v) is 11.1. The number of aryl methyl sites for hydroxylation is 1. The van der Waals surface area contributed by atoms with Crippen LogP contribution in [0.25, 0.3) is 0 Å². The summed E-state index contributed by atoms with van der Waals surface area (Å²) in [5.41, 5.74) is 9.73. The molecule has 1 unspecified atom stereocenters. The highest BCUT2D eigenvalue weighted by molar-refractivity contribution is 5.42. The third-order valence-electron chi connectivity index (χ3n) is 3.65. The Balaban J connectivity index is 1.95. The minimum Gasteiger partial charge on any atom is -0.332 e. The fourth-order valence-corrected chi connectivity index (χ4v) is 2.57. The maximum absolute atomic E-state index is 5.92. The third-order valence-corrected chi connectivity index (χ3v) is 3.65. The highest BCUT2D eigenvalue weighted by atomic mass is 15.3. The van der Waals surface area contributed by atoms with Crippen LogP contribution in [-0.4, -0.2) is 22.6 Å². The molecule has 3 rings (SSSR count). The van der Waals surface area contributed by atoms with E-state index in [4.69, 9.17) is 5.73 Å². The summed E-state index contributed by atoms with van der Waals surface area (Å²) in [6, 6.07) is 8.80. The first kappa shape index (κ1) is 12.1. The molecule has 98 valence electrons. The average molecular weight is 254 g/mol. The molecule has 1 aliphatic heterocycles. The summed E-state index contributed by atoms with van der Waals surface area (Å²) < 4.78 is 0. The molecule has 0 saturated carbocycles. The zero-order chi connectivity index (χ0) is 13.2. The van der Waals surface area contributed by atoms with E-state index in [0.29, 0.717) is 6.54 Å². The van der Waals surface area contributed by atoms with E-state index in [1.807, 2.05) is 19.3 Å². The second-order valence-electron chi connectivity index (χ2n) is 5.05. The average Bonchev–Trinajstić information content (AvgIpc) is 2.46. The molecule has 1 aromatic carbocycles. The fraction of sp³-hybridized carbons (Fsp3) is 0.333. The topological polar surface area (TPSA) is 55.0 Å². The third kappa shape index (κ3) is 2.31. The summed E-state index contributed by atoms with van der Waals surface area (Å²) in [7, 11) is 0. The van der Waals surface area contributed by atoms with Gasteiger partial charge in [-0.05, 0) is 30.0 Å². The minimum atomic E-state index is 0.276. The van der Waals surface area contributed by atoms with Gasteiger partial charge in [0.15, 0.2) is 0 Å². The lowest BCUT2D eigenvalue weighted by atomic mass is 9.94. The van der Waals surface area contributed by atoms with Crippen molar-refractivity contribution in [2.24, 2.45) is 5.73 Å². The molecule has 0 bridgehead atoms. The van der Waals surface area contributed by atoms with Gasteiger partial charge in [0.1, 0.15) is 0 Å². The van der Waals surface area contributed by atoms with Crippen LogP contribution in [0.4, 0.5) is 5.95 Å². The second-order valence-corrected chi connectivity index (χ2v) is 5.05. The Kier molecular flexibility index (Phi) is 3.17. The number of aromatic nitrogens is 2. The van der Waals surface area contributed by atoms with Crippen LogP contribution < -0.4 is 10.6 Å². The Bertz CT molecular complexity index is 565. The Morgan fingerprint density at radius 2 is 1.89 bits per heavy atom. The first-order valence-corrected chi connectivity index (χ1v) is 6.60. The van der Waals surface area contributed by atoms with Crippen molar-refractivity contribution in [2.45, 2.75) is 25.9 Å². The molecular weight excluding hydrogens is 236 g/mol. The maximum Gasteiger partial charge on any atom is 0.225 e. The molecule has 2 N–H and O–H groups in total. The highest BCUT2D eigenvalue weighted by Gasteiger charge is 2.26. The largest absolute Gasteiger partial charge is 0.332 e. The second kappa shape index (κ2) is 4.97. The molecule has 2 aromatic rings. The molecule has 19 heavy (non-hydrogen) atoms. The SMILES string of the molecule is Cc1cnc(N2Cc3ccccc3CC2CN)nc1. The smallest absolute Gasteiger partial charge is 0.225 e. The fourth-order valence-electron chi connectivity index (χ4n) is 2.57. The number of hydrogen-bond donors (Lipinski definition) is 1. The van der Waals surface area contributed by atoms with E-state index in [1.54, 1.807) is 0 Å². The van der Waals surface area contributed by atoms with Crippen molar-refractivity contribution in [3.63, 3.8) is 0 Å². The summed E-state index contributed by atoms with van der Waals surface area (Å²) in [4.78, 5) is 11.1. The summed E-state index contributed by atoms with van der Waals surface area (Å²) in [6.45, 7) is 3.45. The van der Waals surface area contributed by atoms with Gasteiger partial charge in [0.25, 0.3) is 0 Å². The molecule has 0 radical (unpaired) electrons. The predicted molar refractivity (Wildman–Crippen MR) is 75.9 cm³/mol. The Morgan fingerprint density at radius 1 is 1.21 bits per heavy atom. The van der Waals surface area contributed by atoms with Gasteiger partial charge in [0.05, 0.1) is 0 Å². The Morgan fingerprint density at radius 3 is 2.58 bits per heavy atom. The van der Waals surface area contributed by atoms with E-state index in [0.717, 1.165) is 24.5 Å². The van der Waals surface area contributed by atoms with Crippen LogP contribution in [0.15, 0.2) is 36.7 Å². The van der Waals surface area contributed by atoms with Gasteiger partial charge in [-0.1, -0.05) is 24.3 Å². The molecule has 0 aliphatic carbocycles. The van der Waals surface area contributed by atoms with Gasteiger partial charge in [-0.3, -0.25) is 0 Å². The van der Waals surface area contributed by atoms with Crippen molar-refractivity contribution in [3.8, 4) is 0 Å². The van der Waals surface area contributed by atoms with Gasteiger partial charge >= 0.3 is 0 Å². The predicted octanol–water partition coefficient (Wildman–Crippen LogP) is 1.68. The summed E-state index contributed by atoms with van der Waals surface area (Å²) in [5.74, 6) is 0.774. The van der Waals surface area contributed by atoms with E-state index in [-0.39, 0.29) is 6.04 Å². The molecule has 4 nitrogen and oxygen atoms in total. The van der Waals surface area contributed by atoms with Gasteiger partial charge in [-0.2, -0.15) is 0 Å². The van der Waals surface area contributed by atoms with Crippen LogP contribution in [0.2, 0.25) is 0 Å². The van der Waals surface area contributed by atoms with Crippen molar-refractivity contribution in [1.29, 1.82) is 0 Å². The molecule has 0 spiro atoms. The maximum atomic E-state index is 5.92. The van der Waals surface area contributed by atoms with Crippen molar-refractivity contribution >= 4 is 5.95 Å². The van der Waals surface area contributed by atoms with E-state index in [2.05, 4.69) is 39.1 Å². The molecule has 1 aromatic heterocycles. The molecule has 0 amide bonds. The van der Waals surface area contributed by atoms with E-state index in [9.17, 15) is 0 Å². The van der Waals surface area contributed by atoms with Gasteiger partial charge < -0.3 is 10.6 Å². The molecule has 2 heterocycles. The molecular formula is C15H18N4. The number of anilines is 1. The van der Waals surface area contributed by atoms with Crippen LogP contribution in [0.5, 0.6) is 0 Å². The van der Waals surface area contributed by atoms with Crippen molar-refractivity contribution < 1.29 is 0 Å². The molecule has 4 heteroatoms. The molecule has 1 atom stereocenters. The van der Waals surface area contributed by atoms with E-state index < -0.39 is 0 Å². The Labute approximate surface area is 113 Å². The van der Waals surface area contributed by atoms with Crippen LogP contribution >= 0.6 is 0 Å². The van der Waals surface area contributed by atoms with Gasteiger partial charge in [0, 0.05) is 31.5 Å². The minimum absolute atomic E-state index is 0.276. The number of fused-ring (bicyclic) bond motifs is 1. The van der Waals surface area contributed by atoms with Crippen LogP contribution in [0.1, 0.15) is 16.7 Å². The number of rotatable bonds is 2. The summed E-state index contributed by atoms with van der Waals surface area (Å²) in [6.07, 6.45) is 4.68. The lowest BCUT2D eigenvalue weighted by Crippen LogP contribution is -2.45. The first-order valence-electron chi connectivity index (χ1n) is 6.60. The standard InChI is InChI=1S/C15H18N4/c1-11-8-17-15(18-9-11)19-10-13-5-3-2-4-12(13)6-14(19)7-16/h2-5,8-9,14H,6-7,10,16H2,1H3. The van der Waals surface area contributed by atoms with Gasteiger partial charge in [-0.25, -0.2) is 9.97 Å². The molecule has 0 fully saturated rings. The lowest BCUT2D eigenvalue weighted by molar-refractivity contribution is 0.549. The number of nitrogens with two attached hydrogens (primary N) is 1. The quantitative estimate of drug-likeness (QED) is 0.886. The van der Waals surface area contributed by atoms with E-state index >= 15 is 0 Å². The monoisotopic (exact) mass is 254 g/mol. The highest BCUT2D eigenvalue weighted by Crippen LogP contribution is 2.25. The molecule has 0 saturated heterocycles. The Hall–Kier alpha value is -1.94. The number of hydrogen-bond acceptors (Lipinski definition) is 4. The van der Waals surface area contributed by atoms with Crippen molar-refractivity contribution in [3.05, 3.63) is 53.3 Å². The number of nitrogens with zero attached hydrogens (tertiary/aromatic N) is 3. The first-order chi connectivity index (χ1) is 9.28. The van der Waals surface area contributed by atoms with Crippen LogP contribution in [-0.2, 0) is 13.0 Å². The number of benzene rings is 1. The van der Waals surface area contributed by atoms with Crippen LogP contribution in [0.3, 0.4) is 0 Å². The summed E-state index contributed by atoms with van der Waals surface area (Å²) in [5, 5.41) is 0. The lowest BCUT2D eigenvalue weighted by Gasteiger charge is -2.36. The van der Waals surface area contributed by atoms with E-state index in [1.165, 1.54) is 11.1 Å². The van der Waals surface area contributed by atoms with Gasteiger partial charge in [-0.15, -0.1) is 0 Å². The normalized spacial score (nSPS) is 18.2. The van der Waals surface area contributed by atoms with Gasteiger partial charge in [0.2, 0.25) is 5.95 Å².